The second-order valence-electron chi connectivity index (χ2n) is 6.93. The smallest absolute Gasteiger partial charge is 0.271 e. The number of halogens is 1. The number of nitrogens with zero attached hydrogens (tertiary/aromatic N) is 3. The van der Waals surface area contributed by atoms with Crippen molar-refractivity contribution >= 4 is 40.5 Å². The number of carbonyl (C=O) groups is 2. The molecule has 8 heteroatoms. The first-order valence-electron chi connectivity index (χ1n) is 9.64. The molecule has 1 aliphatic rings. The van der Waals surface area contributed by atoms with Crippen LogP contribution in [-0.4, -0.2) is 53.8 Å². The van der Waals surface area contributed by atoms with Crippen LogP contribution in [-0.2, 0) is 16.1 Å². The van der Waals surface area contributed by atoms with Crippen LogP contribution < -0.4 is 5.43 Å². The van der Waals surface area contributed by atoms with Crippen LogP contribution in [0.3, 0.4) is 0 Å². The third-order valence-electron chi connectivity index (χ3n) is 4.95. The molecule has 1 fully saturated rings. The molecule has 2 aromatic carbocycles. The van der Waals surface area contributed by atoms with Gasteiger partial charge >= 0.3 is 0 Å². The largest absolute Gasteiger partial charge is 0.378 e. The van der Waals surface area contributed by atoms with Gasteiger partial charge in [0.05, 0.1) is 19.4 Å². The van der Waals surface area contributed by atoms with E-state index in [0.29, 0.717) is 36.9 Å². The van der Waals surface area contributed by atoms with Gasteiger partial charge in [0.2, 0.25) is 5.91 Å². The van der Waals surface area contributed by atoms with Crippen molar-refractivity contribution in [1.82, 2.24) is 14.9 Å². The SMILES string of the molecule is O=C(N/N=C/c1cn(CC(=O)N2CCOCC2)c2ccccc12)c1cccc(Cl)c1. The maximum Gasteiger partial charge on any atom is 0.271 e. The standard InChI is InChI=1S/C22H21ClN4O3/c23-18-5-3-4-16(12-18)22(29)25-24-13-17-14-27(20-7-2-1-6-19(17)20)15-21(28)26-8-10-30-11-9-26/h1-7,12-14H,8-11,15H2,(H,25,29)/b24-13+. The molecule has 30 heavy (non-hydrogen) atoms. The molecule has 0 bridgehead atoms. The number of hydrogen-bond acceptors (Lipinski definition) is 4. The van der Waals surface area contributed by atoms with E-state index in [1.807, 2.05) is 39.9 Å². The Bertz CT molecular complexity index is 1100. The van der Waals surface area contributed by atoms with Crippen molar-refractivity contribution in [3.8, 4) is 0 Å². The van der Waals surface area contributed by atoms with E-state index in [2.05, 4.69) is 10.5 Å². The second kappa shape index (κ2) is 9.11. The molecule has 0 spiro atoms. The molecule has 3 aromatic rings. The normalized spacial score (nSPS) is 14.4. The molecule has 0 atom stereocenters. The first kappa shape index (κ1) is 20.1. The van der Waals surface area contributed by atoms with Gasteiger partial charge in [-0.2, -0.15) is 5.10 Å². The number of fused-ring (bicyclic) bond motifs is 1. The summed E-state index contributed by atoms with van der Waals surface area (Å²) in [6, 6.07) is 14.4. The molecule has 2 amide bonds. The lowest BCUT2D eigenvalue weighted by Gasteiger charge is -2.27. The number of amides is 2. The molecule has 0 unspecified atom stereocenters. The van der Waals surface area contributed by atoms with Gasteiger partial charge in [-0.3, -0.25) is 9.59 Å². The highest BCUT2D eigenvalue weighted by Gasteiger charge is 2.18. The summed E-state index contributed by atoms with van der Waals surface area (Å²) in [5.74, 6) is -0.295. The fourth-order valence-electron chi connectivity index (χ4n) is 3.42. The molecule has 0 radical (unpaired) electrons. The van der Waals surface area contributed by atoms with Gasteiger partial charge in [-0.25, -0.2) is 5.43 Å². The van der Waals surface area contributed by atoms with Crippen LogP contribution in [0.15, 0.2) is 59.8 Å². The van der Waals surface area contributed by atoms with Crippen molar-refractivity contribution in [2.75, 3.05) is 26.3 Å². The number of hydrazone groups is 1. The van der Waals surface area contributed by atoms with Crippen LogP contribution in [0.25, 0.3) is 10.9 Å². The Morgan fingerprint density at radius 3 is 2.73 bits per heavy atom. The molecule has 1 N–H and O–H groups in total. The van der Waals surface area contributed by atoms with E-state index in [9.17, 15) is 9.59 Å². The topological polar surface area (TPSA) is 75.9 Å². The van der Waals surface area contributed by atoms with E-state index in [1.54, 1.807) is 30.5 Å². The molecule has 154 valence electrons. The molecule has 1 aliphatic heterocycles. The minimum Gasteiger partial charge on any atom is -0.378 e. The number of aromatic nitrogens is 1. The van der Waals surface area contributed by atoms with Crippen molar-refractivity contribution < 1.29 is 14.3 Å². The van der Waals surface area contributed by atoms with Gasteiger partial charge in [0, 0.05) is 46.3 Å². The van der Waals surface area contributed by atoms with Crippen LogP contribution in [0.2, 0.25) is 5.02 Å². The lowest BCUT2D eigenvalue weighted by molar-refractivity contribution is -0.135. The summed E-state index contributed by atoms with van der Waals surface area (Å²) in [4.78, 5) is 26.7. The number of hydrogen-bond donors (Lipinski definition) is 1. The van der Waals surface area contributed by atoms with Crippen molar-refractivity contribution in [2.24, 2.45) is 5.10 Å². The van der Waals surface area contributed by atoms with Gasteiger partial charge in [-0.15, -0.1) is 0 Å². The van der Waals surface area contributed by atoms with Crippen molar-refractivity contribution in [3.63, 3.8) is 0 Å². The molecule has 4 rings (SSSR count). The Kier molecular flexibility index (Phi) is 6.11. The third-order valence-corrected chi connectivity index (χ3v) is 5.18. The highest BCUT2D eigenvalue weighted by Crippen LogP contribution is 2.20. The third kappa shape index (κ3) is 4.53. The fourth-order valence-corrected chi connectivity index (χ4v) is 3.61. The highest BCUT2D eigenvalue weighted by atomic mass is 35.5. The van der Waals surface area contributed by atoms with Crippen LogP contribution in [0, 0.1) is 0 Å². The van der Waals surface area contributed by atoms with E-state index < -0.39 is 0 Å². The van der Waals surface area contributed by atoms with Crippen molar-refractivity contribution in [1.29, 1.82) is 0 Å². The minimum absolute atomic E-state index is 0.0526. The minimum atomic E-state index is -0.347. The summed E-state index contributed by atoms with van der Waals surface area (Å²) in [7, 11) is 0. The van der Waals surface area contributed by atoms with Gasteiger partial charge in [-0.05, 0) is 24.3 Å². The van der Waals surface area contributed by atoms with Crippen molar-refractivity contribution in [3.05, 3.63) is 70.9 Å². The quantitative estimate of drug-likeness (QED) is 0.505. The summed E-state index contributed by atoms with van der Waals surface area (Å²) in [5.41, 5.74) is 4.69. The van der Waals surface area contributed by atoms with Gasteiger partial charge in [0.1, 0.15) is 6.54 Å². The van der Waals surface area contributed by atoms with Gasteiger partial charge < -0.3 is 14.2 Å². The highest BCUT2D eigenvalue weighted by molar-refractivity contribution is 6.30. The van der Waals surface area contributed by atoms with Crippen LogP contribution >= 0.6 is 11.6 Å². The van der Waals surface area contributed by atoms with E-state index in [1.165, 1.54) is 0 Å². The number of benzene rings is 2. The fraction of sp³-hybridized carbons (Fsp3) is 0.227. The molecule has 2 heterocycles. The summed E-state index contributed by atoms with van der Waals surface area (Å²) in [6.45, 7) is 2.61. The van der Waals surface area contributed by atoms with E-state index >= 15 is 0 Å². The van der Waals surface area contributed by atoms with Crippen LogP contribution in [0.4, 0.5) is 0 Å². The van der Waals surface area contributed by atoms with Crippen LogP contribution in [0.5, 0.6) is 0 Å². The Hall–Kier alpha value is -3.16. The first-order chi connectivity index (χ1) is 14.6. The van der Waals surface area contributed by atoms with Gasteiger partial charge in [0.15, 0.2) is 0 Å². The Labute approximate surface area is 178 Å². The monoisotopic (exact) mass is 424 g/mol. The maximum atomic E-state index is 12.7. The summed E-state index contributed by atoms with van der Waals surface area (Å²) in [5, 5.41) is 5.52. The number of rotatable bonds is 5. The summed E-state index contributed by atoms with van der Waals surface area (Å²) in [6.07, 6.45) is 3.46. The van der Waals surface area contributed by atoms with E-state index in [4.69, 9.17) is 16.3 Å². The molecule has 0 aliphatic carbocycles. The molecular formula is C22H21ClN4O3. The molecular weight excluding hydrogens is 404 g/mol. The molecule has 7 nitrogen and oxygen atoms in total. The number of carbonyl (C=O) groups excluding carboxylic acids is 2. The number of morpholine rings is 1. The van der Waals surface area contributed by atoms with Gasteiger partial charge in [0.25, 0.3) is 5.91 Å². The number of ether oxygens (including phenoxy) is 1. The summed E-state index contributed by atoms with van der Waals surface area (Å²) >= 11 is 5.93. The average Bonchev–Trinajstić information content (AvgIpc) is 3.12. The van der Waals surface area contributed by atoms with E-state index in [-0.39, 0.29) is 18.4 Å². The van der Waals surface area contributed by atoms with E-state index in [0.717, 1.165) is 16.5 Å². The zero-order valence-electron chi connectivity index (χ0n) is 16.3. The average molecular weight is 425 g/mol. The predicted molar refractivity (Wildman–Crippen MR) is 116 cm³/mol. The predicted octanol–water partition coefficient (Wildman–Crippen LogP) is 2.92. The number of nitrogens with one attached hydrogen (secondary N) is 1. The number of para-hydroxylation sites is 1. The first-order valence-corrected chi connectivity index (χ1v) is 10.0. The second-order valence-corrected chi connectivity index (χ2v) is 7.37. The molecule has 1 aromatic heterocycles. The van der Waals surface area contributed by atoms with Gasteiger partial charge in [-0.1, -0.05) is 35.9 Å². The lowest BCUT2D eigenvalue weighted by Crippen LogP contribution is -2.42. The lowest BCUT2D eigenvalue weighted by atomic mass is 10.2. The molecule has 1 saturated heterocycles. The van der Waals surface area contributed by atoms with Crippen LogP contribution in [0.1, 0.15) is 15.9 Å². The summed E-state index contributed by atoms with van der Waals surface area (Å²) < 4.78 is 7.23. The Balaban J connectivity index is 1.51. The van der Waals surface area contributed by atoms with Crippen molar-refractivity contribution in [2.45, 2.75) is 6.54 Å². The Morgan fingerprint density at radius 2 is 1.93 bits per heavy atom. The zero-order valence-corrected chi connectivity index (χ0v) is 17.0. The zero-order chi connectivity index (χ0) is 20.9. The molecule has 0 saturated carbocycles. The Morgan fingerprint density at radius 1 is 1.13 bits per heavy atom. The maximum absolute atomic E-state index is 12.7.